The average molecular weight is 426 g/mol. The van der Waals surface area contributed by atoms with Crippen molar-refractivity contribution in [2.24, 2.45) is 0 Å². The zero-order chi connectivity index (χ0) is 21.6. The van der Waals surface area contributed by atoms with E-state index in [4.69, 9.17) is 9.72 Å². The van der Waals surface area contributed by atoms with Gasteiger partial charge in [-0.2, -0.15) is 0 Å². The van der Waals surface area contributed by atoms with Gasteiger partial charge in [-0.3, -0.25) is 4.79 Å². The van der Waals surface area contributed by atoms with Crippen LogP contribution in [0.5, 0.6) is 5.88 Å². The highest BCUT2D eigenvalue weighted by atomic mass is 16.5. The van der Waals surface area contributed by atoms with Crippen molar-refractivity contribution in [1.29, 1.82) is 0 Å². The molecule has 8 nitrogen and oxygen atoms in total. The van der Waals surface area contributed by atoms with Crippen LogP contribution in [0.2, 0.25) is 0 Å². The zero-order valence-corrected chi connectivity index (χ0v) is 18.0. The van der Waals surface area contributed by atoms with Gasteiger partial charge in [-0.25, -0.2) is 9.97 Å². The molecule has 8 heteroatoms. The molecule has 0 aliphatic carbocycles. The van der Waals surface area contributed by atoms with Crippen molar-refractivity contribution in [2.45, 2.75) is 44.2 Å². The van der Waals surface area contributed by atoms with E-state index in [0.717, 1.165) is 62.5 Å². The third-order valence-electron chi connectivity index (χ3n) is 6.00. The number of anilines is 1. The van der Waals surface area contributed by atoms with E-state index in [1.165, 1.54) is 12.0 Å². The van der Waals surface area contributed by atoms with Crippen molar-refractivity contribution in [3.63, 3.8) is 0 Å². The summed E-state index contributed by atoms with van der Waals surface area (Å²) in [6.45, 7) is 3.90. The fraction of sp³-hybridized carbons (Fsp3) is 0.522. The Morgan fingerprint density at radius 1 is 1.35 bits per heavy atom. The van der Waals surface area contributed by atoms with Gasteiger partial charge >= 0.3 is 5.97 Å². The molecule has 1 saturated heterocycles. The van der Waals surface area contributed by atoms with E-state index in [0.29, 0.717) is 5.88 Å². The van der Waals surface area contributed by atoms with Gasteiger partial charge in [-0.05, 0) is 49.4 Å². The minimum absolute atomic E-state index is 0.0303. The summed E-state index contributed by atoms with van der Waals surface area (Å²) >= 11 is 0. The maximum atomic E-state index is 11.3. The van der Waals surface area contributed by atoms with Crippen LogP contribution in [0, 0.1) is 0 Å². The molecule has 4 heterocycles. The summed E-state index contributed by atoms with van der Waals surface area (Å²) in [4.78, 5) is 22.7. The molecule has 1 fully saturated rings. The molecule has 0 saturated carbocycles. The average Bonchev–Trinajstić information content (AvgIpc) is 2.76. The standard InChI is InChI=1S/C23H31N5O3/c1-31-21-9-7-17(13-25-21)20(12-22(29)30)26-19-14-28(15-19)11-3-5-18-8-6-16-4-2-10-24-23(16)27-18/h6-9,13,19-20,26H,2-5,10-12,14-15H2,1H3,(H,24,27)(H,29,30)/t20-/m0/s1. The molecule has 2 aliphatic heterocycles. The van der Waals surface area contributed by atoms with Crippen LogP contribution in [-0.2, 0) is 17.6 Å². The van der Waals surface area contributed by atoms with Crippen LogP contribution in [0.4, 0.5) is 5.82 Å². The topological polar surface area (TPSA) is 99.6 Å². The number of aliphatic carboxylic acids is 1. The number of fused-ring (bicyclic) bond motifs is 1. The van der Waals surface area contributed by atoms with Crippen LogP contribution >= 0.6 is 0 Å². The van der Waals surface area contributed by atoms with Gasteiger partial charge in [0.2, 0.25) is 5.88 Å². The summed E-state index contributed by atoms with van der Waals surface area (Å²) in [5.41, 5.74) is 3.35. The molecule has 31 heavy (non-hydrogen) atoms. The Kier molecular flexibility index (Phi) is 6.99. The Bertz CT molecular complexity index is 883. The molecule has 0 bridgehead atoms. The maximum absolute atomic E-state index is 11.3. The van der Waals surface area contributed by atoms with E-state index in [-0.39, 0.29) is 18.5 Å². The van der Waals surface area contributed by atoms with Crippen LogP contribution < -0.4 is 15.4 Å². The number of rotatable bonds is 10. The van der Waals surface area contributed by atoms with E-state index in [1.807, 2.05) is 6.07 Å². The van der Waals surface area contributed by atoms with E-state index >= 15 is 0 Å². The minimum Gasteiger partial charge on any atom is -0.481 e. The predicted molar refractivity (Wildman–Crippen MR) is 119 cm³/mol. The number of methoxy groups -OCH3 is 1. The molecule has 1 atom stereocenters. The smallest absolute Gasteiger partial charge is 0.305 e. The molecule has 4 rings (SSSR count). The lowest BCUT2D eigenvalue weighted by atomic mass is 10.0. The normalized spacial score (nSPS) is 17.3. The van der Waals surface area contributed by atoms with Crippen LogP contribution in [0.3, 0.4) is 0 Å². The molecular formula is C23H31N5O3. The second-order valence-electron chi connectivity index (χ2n) is 8.35. The van der Waals surface area contributed by atoms with E-state index in [9.17, 15) is 9.90 Å². The minimum atomic E-state index is -0.823. The van der Waals surface area contributed by atoms with Crippen molar-refractivity contribution in [2.75, 3.05) is 38.6 Å². The largest absolute Gasteiger partial charge is 0.481 e. The van der Waals surface area contributed by atoms with Crippen LogP contribution in [-0.4, -0.2) is 65.3 Å². The van der Waals surface area contributed by atoms with Gasteiger partial charge in [0.05, 0.1) is 13.5 Å². The number of hydrogen-bond acceptors (Lipinski definition) is 7. The molecule has 2 aliphatic rings. The molecule has 0 amide bonds. The summed E-state index contributed by atoms with van der Waals surface area (Å²) in [6, 6.07) is 8.05. The Morgan fingerprint density at radius 3 is 2.97 bits per heavy atom. The number of pyridine rings is 2. The Hall–Kier alpha value is -2.71. The molecule has 0 spiro atoms. The second kappa shape index (κ2) is 10.1. The SMILES string of the molecule is COc1ccc([C@H](CC(=O)O)NC2CN(CCCc3ccc4c(n3)NCCC4)C2)cn1. The van der Waals surface area contributed by atoms with Gasteiger partial charge in [0.1, 0.15) is 5.82 Å². The van der Waals surface area contributed by atoms with E-state index in [1.54, 1.807) is 19.4 Å². The van der Waals surface area contributed by atoms with E-state index in [2.05, 4.69) is 32.7 Å². The highest BCUT2D eigenvalue weighted by Gasteiger charge is 2.29. The lowest BCUT2D eigenvalue weighted by Crippen LogP contribution is -2.58. The number of ether oxygens (including phenoxy) is 1. The Balaban J connectivity index is 1.22. The number of nitrogens with one attached hydrogen (secondary N) is 2. The van der Waals surface area contributed by atoms with Gasteiger partial charge in [-0.15, -0.1) is 0 Å². The van der Waals surface area contributed by atoms with Gasteiger partial charge in [-0.1, -0.05) is 12.1 Å². The number of carbonyl (C=O) groups is 1. The molecule has 3 N–H and O–H groups in total. The number of nitrogens with zero attached hydrogens (tertiary/aromatic N) is 3. The number of carboxylic acids is 1. The van der Waals surface area contributed by atoms with Crippen molar-refractivity contribution in [3.8, 4) is 5.88 Å². The Morgan fingerprint density at radius 2 is 2.23 bits per heavy atom. The predicted octanol–water partition coefficient (Wildman–Crippen LogP) is 2.27. The number of aryl methyl sites for hydroxylation is 2. The summed E-state index contributed by atoms with van der Waals surface area (Å²) in [5.74, 6) is 0.767. The highest BCUT2D eigenvalue weighted by Crippen LogP contribution is 2.22. The van der Waals surface area contributed by atoms with Crippen LogP contribution in [0.1, 0.15) is 42.1 Å². The van der Waals surface area contributed by atoms with Crippen molar-refractivity contribution in [3.05, 3.63) is 47.3 Å². The summed E-state index contributed by atoms with van der Waals surface area (Å²) in [6.07, 6.45) is 6.06. The number of likely N-dealkylation sites (tertiary alicyclic amines) is 1. The third kappa shape index (κ3) is 5.71. The molecule has 2 aromatic rings. The monoisotopic (exact) mass is 425 g/mol. The Labute approximate surface area is 183 Å². The summed E-state index contributed by atoms with van der Waals surface area (Å²) in [7, 11) is 1.57. The molecule has 2 aromatic heterocycles. The quantitative estimate of drug-likeness (QED) is 0.533. The van der Waals surface area contributed by atoms with Gasteiger partial charge in [0.15, 0.2) is 0 Å². The van der Waals surface area contributed by atoms with Gasteiger partial charge in [0.25, 0.3) is 0 Å². The number of carboxylic acid groups (broad SMARTS) is 1. The molecule has 166 valence electrons. The lowest BCUT2D eigenvalue weighted by Gasteiger charge is -2.41. The van der Waals surface area contributed by atoms with Crippen LogP contribution in [0.15, 0.2) is 30.5 Å². The first-order valence-electron chi connectivity index (χ1n) is 11.0. The first-order valence-corrected chi connectivity index (χ1v) is 11.0. The maximum Gasteiger partial charge on any atom is 0.305 e. The summed E-state index contributed by atoms with van der Waals surface area (Å²) in [5, 5.41) is 16.2. The molecular weight excluding hydrogens is 394 g/mol. The highest BCUT2D eigenvalue weighted by molar-refractivity contribution is 5.68. The van der Waals surface area contributed by atoms with Crippen molar-refractivity contribution >= 4 is 11.8 Å². The van der Waals surface area contributed by atoms with Crippen molar-refractivity contribution in [1.82, 2.24) is 20.2 Å². The third-order valence-corrected chi connectivity index (χ3v) is 6.00. The molecule has 0 unspecified atom stereocenters. The fourth-order valence-corrected chi connectivity index (χ4v) is 4.30. The first-order chi connectivity index (χ1) is 15.1. The van der Waals surface area contributed by atoms with Crippen molar-refractivity contribution < 1.29 is 14.6 Å². The van der Waals surface area contributed by atoms with Gasteiger partial charge < -0.3 is 25.4 Å². The molecule has 0 radical (unpaired) electrons. The summed E-state index contributed by atoms with van der Waals surface area (Å²) < 4.78 is 5.09. The second-order valence-corrected chi connectivity index (χ2v) is 8.35. The number of hydrogen-bond donors (Lipinski definition) is 3. The van der Waals surface area contributed by atoms with E-state index < -0.39 is 5.97 Å². The first kappa shape index (κ1) is 21.5. The van der Waals surface area contributed by atoms with Crippen LogP contribution in [0.25, 0.3) is 0 Å². The lowest BCUT2D eigenvalue weighted by molar-refractivity contribution is -0.137. The zero-order valence-electron chi connectivity index (χ0n) is 18.0. The number of aromatic nitrogens is 2. The fourth-order valence-electron chi connectivity index (χ4n) is 4.30. The van der Waals surface area contributed by atoms with Gasteiger partial charge in [0, 0.05) is 49.7 Å². The molecule has 0 aromatic carbocycles.